The number of carbonyl (C=O) groups is 1. The van der Waals surface area contributed by atoms with Gasteiger partial charge in [0.05, 0.1) is 0 Å². The van der Waals surface area contributed by atoms with Gasteiger partial charge in [-0.15, -0.1) is 0 Å². The maximum absolute atomic E-state index is 12.5. The van der Waals surface area contributed by atoms with Crippen LogP contribution in [0.25, 0.3) is 0 Å². The molecule has 24 heavy (non-hydrogen) atoms. The van der Waals surface area contributed by atoms with Crippen LogP contribution in [-0.2, 0) is 21.3 Å². The van der Waals surface area contributed by atoms with Crippen molar-refractivity contribution < 1.29 is 17.4 Å². The van der Waals surface area contributed by atoms with Crippen LogP contribution < -0.4 is 9.08 Å². The van der Waals surface area contributed by atoms with Crippen molar-refractivity contribution in [2.45, 2.75) is 25.2 Å². The lowest BCUT2D eigenvalue weighted by atomic mass is 10.2. The second-order valence-corrected chi connectivity index (χ2v) is 7.61. The molecule has 0 radical (unpaired) electrons. The number of halogens is 1. The van der Waals surface area contributed by atoms with E-state index in [4.69, 9.17) is 15.8 Å². The minimum atomic E-state index is -3.95. The van der Waals surface area contributed by atoms with Crippen molar-refractivity contribution in [3.8, 4) is 5.75 Å². The Labute approximate surface area is 145 Å². The molecule has 0 aliphatic carbocycles. The quantitative estimate of drug-likeness (QED) is 0.783. The summed E-state index contributed by atoms with van der Waals surface area (Å²) >= 11 is 5.93. The summed E-state index contributed by atoms with van der Waals surface area (Å²) in [6.45, 7) is 3.82. The van der Waals surface area contributed by atoms with Crippen LogP contribution in [0.3, 0.4) is 0 Å². The highest BCUT2D eigenvalue weighted by Gasteiger charge is 2.25. The highest BCUT2D eigenvalue weighted by molar-refractivity contribution is 7.87. The molecule has 0 N–H and O–H groups in total. The number of benzene rings is 2. The van der Waals surface area contributed by atoms with Crippen molar-refractivity contribution in [2.24, 2.45) is 0 Å². The average molecular weight is 366 g/mol. The predicted molar refractivity (Wildman–Crippen MR) is 92.2 cm³/mol. The summed E-state index contributed by atoms with van der Waals surface area (Å²) in [7, 11) is -3.95. The maximum atomic E-state index is 12.5. The number of hydrogen-bond donors (Lipinski definition) is 0. The molecule has 7 heteroatoms. The summed E-state index contributed by atoms with van der Waals surface area (Å²) in [5.74, 6) is 0.153. The first kappa shape index (κ1) is 16.8. The van der Waals surface area contributed by atoms with E-state index in [0.29, 0.717) is 18.0 Å². The van der Waals surface area contributed by atoms with E-state index in [0.717, 1.165) is 16.8 Å². The Morgan fingerprint density at radius 2 is 1.96 bits per heavy atom. The largest absolute Gasteiger partial charge is 0.379 e. The van der Waals surface area contributed by atoms with Gasteiger partial charge in [-0.3, -0.25) is 4.79 Å². The van der Waals surface area contributed by atoms with Crippen LogP contribution in [0, 0.1) is 6.92 Å². The van der Waals surface area contributed by atoms with Crippen molar-refractivity contribution in [3.63, 3.8) is 0 Å². The lowest BCUT2D eigenvalue weighted by molar-refractivity contribution is -0.116. The number of carbonyl (C=O) groups excluding carboxylic acids is 1. The Morgan fingerprint density at radius 1 is 1.21 bits per heavy atom. The van der Waals surface area contributed by atoms with Crippen molar-refractivity contribution in [1.82, 2.24) is 0 Å². The molecule has 2 aromatic rings. The lowest BCUT2D eigenvalue weighted by Gasteiger charge is -2.15. The highest BCUT2D eigenvalue weighted by Crippen LogP contribution is 2.31. The number of hydrogen-bond acceptors (Lipinski definition) is 4. The summed E-state index contributed by atoms with van der Waals surface area (Å²) in [4.78, 5) is 13.3. The van der Waals surface area contributed by atoms with Gasteiger partial charge in [0.1, 0.15) is 10.6 Å². The molecule has 1 amide bonds. The minimum Gasteiger partial charge on any atom is -0.379 e. The van der Waals surface area contributed by atoms with Crippen LogP contribution in [0.1, 0.15) is 18.1 Å². The number of rotatable bonds is 3. The van der Waals surface area contributed by atoms with Gasteiger partial charge >= 0.3 is 10.1 Å². The first-order valence-corrected chi connectivity index (χ1v) is 9.18. The summed E-state index contributed by atoms with van der Waals surface area (Å²) in [5, 5.41) is 0.543. The third-order valence-electron chi connectivity index (χ3n) is 3.95. The minimum absolute atomic E-state index is 0.0581. The predicted octanol–water partition coefficient (Wildman–Crippen LogP) is 3.33. The van der Waals surface area contributed by atoms with E-state index in [1.54, 1.807) is 36.1 Å². The maximum Gasteiger partial charge on any atom is 0.339 e. The van der Waals surface area contributed by atoms with Gasteiger partial charge in [0.2, 0.25) is 5.91 Å². The fourth-order valence-corrected chi connectivity index (χ4v) is 3.80. The van der Waals surface area contributed by atoms with Gasteiger partial charge in [-0.2, -0.15) is 8.42 Å². The first-order valence-electron chi connectivity index (χ1n) is 7.39. The molecule has 0 atom stereocenters. The Balaban J connectivity index is 1.91. The molecule has 0 fully saturated rings. The van der Waals surface area contributed by atoms with Crippen molar-refractivity contribution in [2.75, 3.05) is 11.4 Å². The van der Waals surface area contributed by atoms with Gasteiger partial charge in [0.15, 0.2) is 0 Å². The number of aryl methyl sites for hydroxylation is 1. The molecular weight excluding hydrogens is 350 g/mol. The molecule has 0 bridgehead atoms. The van der Waals surface area contributed by atoms with Crippen LogP contribution in [0.5, 0.6) is 5.75 Å². The Morgan fingerprint density at radius 3 is 2.62 bits per heavy atom. The number of nitrogens with zero attached hydrogens (tertiary/aromatic N) is 1. The topological polar surface area (TPSA) is 63.7 Å². The Hall–Kier alpha value is -2.05. The van der Waals surface area contributed by atoms with Gasteiger partial charge in [0.25, 0.3) is 0 Å². The molecule has 0 saturated carbocycles. The molecule has 1 heterocycles. The summed E-state index contributed by atoms with van der Waals surface area (Å²) in [6.07, 6.45) is 0.623. The third kappa shape index (κ3) is 3.12. The molecule has 0 aromatic heterocycles. The third-order valence-corrected chi connectivity index (χ3v) is 5.62. The SMILES string of the molecule is CC(=O)N1CCc2cc(S(=O)(=O)Oc3ccc(Cl)c(C)c3)ccc21. The summed E-state index contributed by atoms with van der Waals surface area (Å²) < 4.78 is 30.1. The van der Waals surface area contributed by atoms with E-state index in [2.05, 4.69) is 0 Å². The van der Waals surface area contributed by atoms with Crippen LogP contribution in [0.2, 0.25) is 5.02 Å². The normalized spacial score (nSPS) is 13.7. The number of anilines is 1. The van der Waals surface area contributed by atoms with Gasteiger partial charge in [-0.05, 0) is 60.9 Å². The molecule has 5 nitrogen and oxygen atoms in total. The highest BCUT2D eigenvalue weighted by atomic mass is 35.5. The standard InChI is InChI=1S/C17H16ClNO4S/c1-11-9-14(3-5-16(11)18)23-24(21,22)15-4-6-17-13(10-15)7-8-19(17)12(2)20/h3-6,9-10H,7-8H2,1-2H3. The second-order valence-electron chi connectivity index (χ2n) is 5.66. The first-order chi connectivity index (χ1) is 11.3. The van der Waals surface area contributed by atoms with Crippen molar-refractivity contribution in [3.05, 3.63) is 52.5 Å². The number of fused-ring (bicyclic) bond motifs is 1. The molecule has 0 spiro atoms. The molecular formula is C17H16ClNO4S. The van der Waals surface area contributed by atoms with Crippen LogP contribution in [0.15, 0.2) is 41.3 Å². The van der Waals surface area contributed by atoms with E-state index >= 15 is 0 Å². The zero-order valence-corrected chi connectivity index (χ0v) is 14.8. The fourth-order valence-electron chi connectivity index (χ4n) is 2.70. The lowest BCUT2D eigenvalue weighted by Crippen LogP contribution is -2.25. The Kier molecular flexibility index (Phi) is 4.27. The van der Waals surface area contributed by atoms with Gasteiger partial charge in [-0.25, -0.2) is 0 Å². The number of amides is 1. The van der Waals surface area contributed by atoms with Gasteiger partial charge in [0, 0.05) is 24.2 Å². The van der Waals surface area contributed by atoms with E-state index < -0.39 is 10.1 Å². The molecule has 3 rings (SSSR count). The zero-order chi connectivity index (χ0) is 17.5. The van der Waals surface area contributed by atoms with Crippen LogP contribution >= 0.6 is 11.6 Å². The summed E-state index contributed by atoms with van der Waals surface area (Å²) in [6, 6.07) is 9.35. The van der Waals surface area contributed by atoms with Crippen molar-refractivity contribution >= 4 is 33.3 Å². The molecule has 1 aliphatic heterocycles. The molecule has 0 saturated heterocycles. The van der Waals surface area contributed by atoms with Gasteiger partial charge < -0.3 is 9.08 Å². The summed E-state index contributed by atoms with van der Waals surface area (Å²) in [5.41, 5.74) is 2.31. The molecule has 1 aliphatic rings. The molecule has 126 valence electrons. The van der Waals surface area contributed by atoms with Gasteiger partial charge in [-0.1, -0.05) is 11.6 Å². The van der Waals surface area contributed by atoms with E-state index in [1.807, 2.05) is 0 Å². The average Bonchev–Trinajstić information content (AvgIpc) is 2.94. The van der Waals surface area contributed by atoms with Crippen LogP contribution in [0.4, 0.5) is 5.69 Å². The second kappa shape index (κ2) is 6.11. The monoisotopic (exact) mass is 365 g/mol. The Bertz CT molecular complexity index is 924. The molecule has 2 aromatic carbocycles. The van der Waals surface area contributed by atoms with Crippen molar-refractivity contribution in [1.29, 1.82) is 0 Å². The van der Waals surface area contributed by atoms with Crippen LogP contribution in [-0.4, -0.2) is 20.9 Å². The fraction of sp³-hybridized carbons (Fsp3) is 0.235. The van der Waals surface area contributed by atoms with E-state index in [1.165, 1.54) is 19.1 Å². The molecule has 0 unspecified atom stereocenters. The smallest absolute Gasteiger partial charge is 0.339 e. The van der Waals surface area contributed by atoms with E-state index in [9.17, 15) is 13.2 Å². The zero-order valence-electron chi connectivity index (χ0n) is 13.2. The van der Waals surface area contributed by atoms with E-state index in [-0.39, 0.29) is 16.6 Å².